The number of aromatic nitrogens is 2. The van der Waals surface area contributed by atoms with E-state index in [2.05, 4.69) is 25.5 Å². The Morgan fingerprint density at radius 3 is 2.72 bits per heavy atom. The molecule has 0 aliphatic carbocycles. The molecule has 2 aromatic rings. The van der Waals surface area contributed by atoms with E-state index >= 15 is 0 Å². The van der Waals surface area contributed by atoms with E-state index in [1.807, 2.05) is 31.2 Å². The number of hydrogen-bond donors (Lipinski definition) is 2. The lowest BCUT2D eigenvalue weighted by molar-refractivity contribution is 0.0383. The Labute approximate surface area is 147 Å². The lowest BCUT2D eigenvalue weighted by Crippen LogP contribution is -2.41. The smallest absolute Gasteiger partial charge is 0.270 e. The Bertz CT molecular complexity index is 699. The molecule has 1 fully saturated rings. The van der Waals surface area contributed by atoms with E-state index in [9.17, 15) is 4.79 Å². The van der Waals surface area contributed by atoms with Crippen molar-refractivity contribution in [1.29, 1.82) is 0 Å². The fourth-order valence-corrected chi connectivity index (χ4v) is 2.55. The van der Waals surface area contributed by atoms with Gasteiger partial charge in [0.05, 0.1) is 13.2 Å². The van der Waals surface area contributed by atoms with Gasteiger partial charge in [-0.1, -0.05) is 17.7 Å². The van der Waals surface area contributed by atoms with Gasteiger partial charge in [-0.3, -0.25) is 9.69 Å². The van der Waals surface area contributed by atoms with Crippen LogP contribution in [0.2, 0.25) is 0 Å². The second-order valence-corrected chi connectivity index (χ2v) is 5.97. The van der Waals surface area contributed by atoms with Gasteiger partial charge < -0.3 is 15.4 Å². The Morgan fingerprint density at radius 2 is 1.96 bits per heavy atom. The number of carbonyl (C=O) groups excluding carboxylic acids is 1. The van der Waals surface area contributed by atoms with E-state index in [-0.39, 0.29) is 5.91 Å². The number of nitrogens with zero attached hydrogens (tertiary/aromatic N) is 3. The van der Waals surface area contributed by atoms with Gasteiger partial charge in [0.2, 0.25) is 5.95 Å². The summed E-state index contributed by atoms with van der Waals surface area (Å²) < 4.78 is 5.31. The van der Waals surface area contributed by atoms with Gasteiger partial charge in [0, 0.05) is 38.1 Å². The molecular formula is C18H23N5O2. The first-order valence-corrected chi connectivity index (χ1v) is 8.46. The molecule has 1 saturated heterocycles. The van der Waals surface area contributed by atoms with E-state index < -0.39 is 0 Å². The first-order valence-electron chi connectivity index (χ1n) is 8.46. The molecule has 0 bridgehead atoms. The maximum Gasteiger partial charge on any atom is 0.270 e. The summed E-state index contributed by atoms with van der Waals surface area (Å²) in [6, 6.07) is 9.53. The molecule has 0 atom stereocenters. The number of ether oxygens (including phenoxy) is 1. The summed E-state index contributed by atoms with van der Waals surface area (Å²) in [5, 5.41) is 6.02. The molecule has 2 N–H and O–H groups in total. The summed E-state index contributed by atoms with van der Waals surface area (Å²) in [6.45, 7) is 6.77. The van der Waals surface area contributed by atoms with Crippen molar-refractivity contribution in [2.75, 3.05) is 44.7 Å². The quantitative estimate of drug-likeness (QED) is 0.831. The summed E-state index contributed by atoms with van der Waals surface area (Å²) in [6.07, 6.45) is 1.58. The molecule has 2 heterocycles. The summed E-state index contributed by atoms with van der Waals surface area (Å²) in [7, 11) is 0. The molecule has 132 valence electrons. The van der Waals surface area contributed by atoms with Crippen molar-refractivity contribution < 1.29 is 9.53 Å². The van der Waals surface area contributed by atoms with Crippen LogP contribution in [0.4, 0.5) is 11.6 Å². The zero-order chi connectivity index (χ0) is 17.5. The highest BCUT2D eigenvalue weighted by molar-refractivity contribution is 5.92. The van der Waals surface area contributed by atoms with Crippen LogP contribution in [-0.4, -0.2) is 60.2 Å². The van der Waals surface area contributed by atoms with E-state index in [0.29, 0.717) is 18.2 Å². The number of nitrogens with one attached hydrogen (secondary N) is 2. The van der Waals surface area contributed by atoms with Crippen molar-refractivity contribution in [3.8, 4) is 0 Å². The van der Waals surface area contributed by atoms with Crippen molar-refractivity contribution in [2.24, 2.45) is 0 Å². The van der Waals surface area contributed by atoms with Crippen LogP contribution in [0, 0.1) is 6.92 Å². The number of anilines is 2. The van der Waals surface area contributed by atoms with Gasteiger partial charge in [-0.25, -0.2) is 9.97 Å². The van der Waals surface area contributed by atoms with Crippen molar-refractivity contribution in [3.05, 3.63) is 47.8 Å². The van der Waals surface area contributed by atoms with Crippen molar-refractivity contribution >= 4 is 17.5 Å². The number of hydrogen-bond acceptors (Lipinski definition) is 6. The normalized spacial score (nSPS) is 14.9. The van der Waals surface area contributed by atoms with Crippen molar-refractivity contribution in [3.63, 3.8) is 0 Å². The number of benzene rings is 1. The molecule has 7 heteroatoms. The fraction of sp³-hybridized carbons (Fsp3) is 0.389. The maximum absolute atomic E-state index is 12.3. The molecule has 0 saturated carbocycles. The van der Waals surface area contributed by atoms with Gasteiger partial charge >= 0.3 is 0 Å². The predicted molar refractivity (Wildman–Crippen MR) is 96.1 cm³/mol. The molecule has 0 spiro atoms. The first-order chi connectivity index (χ1) is 12.2. The number of amides is 1. The number of carbonyl (C=O) groups is 1. The minimum Gasteiger partial charge on any atom is -0.379 e. The van der Waals surface area contributed by atoms with Crippen LogP contribution in [0.15, 0.2) is 36.5 Å². The Kier molecular flexibility index (Phi) is 5.92. The Morgan fingerprint density at radius 1 is 1.20 bits per heavy atom. The molecule has 1 aromatic heterocycles. The van der Waals surface area contributed by atoms with Crippen molar-refractivity contribution in [1.82, 2.24) is 20.2 Å². The molecule has 25 heavy (non-hydrogen) atoms. The summed E-state index contributed by atoms with van der Waals surface area (Å²) in [5.41, 5.74) is 2.42. The van der Waals surface area contributed by atoms with Gasteiger partial charge in [0.15, 0.2) is 0 Å². The topological polar surface area (TPSA) is 79.4 Å². The molecular weight excluding hydrogens is 318 g/mol. The van der Waals surface area contributed by atoms with Crippen LogP contribution in [0.5, 0.6) is 0 Å². The zero-order valence-electron chi connectivity index (χ0n) is 14.4. The average molecular weight is 341 g/mol. The van der Waals surface area contributed by atoms with Crippen LogP contribution in [0.25, 0.3) is 0 Å². The van der Waals surface area contributed by atoms with E-state index in [4.69, 9.17) is 4.74 Å². The van der Waals surface area contributed by atoms with Gasteiger partial charge in [-0.05, 0) is 25.1 Å². The third-order valence-corrected chi connectivity index (χ3v) is 4.01. The van der Waals surface area contributed by atoms with Crippen LogP contribution < -0.4 is 10.6 Å². The predicted octanol–water partition coefficient (Wildman–Crippen LogP) is 1.59. The monoisotopic (exact) mass is 341 g/mol. The number of aryl methyl sites for hydroxylation is 1. The highest BCUT2D eigenvalue weighted by atomic mass is 16.5. The standard InChI is InChI=1S/C18H23N5O2/c1-14-2-4-15(5-3-14)21-18-20-7-6-16(22-18)17(24)19-8-9-23-10-12-25-13-11-23/h2-7H,8-13H2,1H3,(H,19,24)(H,20,21,22). The minimum atomic E-state index is -0.192. The Hall–Kier alpha value is -2.51. The van der Waals surface area contributed by atoms with E-state index in [1.165, 1.54) is 5.56 Å². The molecule has 1 amide bonds. The number of morpholine rings is 1. The molecule has 3 rings (SSSR count). The Balaban J connectivity index is 1.52. The lowest BCUT2D eigenvalue weighted by Gasteiger charge is -2.26. The maximum atomic E-state index is 12.3. The fourth-order valence-electron chi connectivity index (χ4n) is 2.55. The lowest BCUT2D eigenvalue weighted by atomic mass is 10.2. The van der Waals surface area contributed by atoms with Crippen LogP contribution in [0.1, 0.15) is 16.1 Å². The first kappa shape index (κ1) is 17.3. The van der Waals surface area contributed by atoms with Gasteiger partial charge in [-0.2, -0.15) is 0 Å². The van der Waals surface area contributed by atoms with Gasteiger partial charge in [-0.15, -0.1) is 0 Å². The molecule has 1 aliphatic heterocycles. The largest absolute Gasteiger partial charge is 0.379 e. The SMILES string of the molecule is Cc1ccc(Nc2nccc(C(=O)NCCN3CCOCC3)n2)cc1. The molecule has 7 nitrogen and oxygen atoms in total. The second kappa shape index (κ2) is 8.55. The van der Waals surface area contributed by atoms with Crippen LogP contribution >= 0.6 is 0 Å². The zero-order valence-corrected chi connectivity index (χ0v) is 14.4. The molecule has 0 unspecified atom stereocenters. The van der Waals surface area contributed by atoms with Gasteiger partial charge in [0.1, 0.15) is 5.69 Å². The van der Waals surface area contributed by atoms with Crippen LogP contribution in [0.3, 0.4) is 0 Å². The summed E-state index contributed by atoms with van der Waals surface area (Å²) in [4.78, 5) is 23.0. The van der Waals surface area contributed by atoms with E-state index in [0.717, 1.165) is 38.5 Å². The van der Waals surface area contributed by atoms with Crippen molar-refractivity contribution in [2.45, 2.75) is 6.92 Å². The van der Waals surface area contributed by atoms with Crippen LogP contribution in [-0.2, 0) is 4.74 Å². The second-order valence-electron chi connectivity index (χ2n) is 5.97. The third kappa shape index (κ3) is 5.23. The summed E-state index contributed by atoms with van der Waals surface area (Å²) >= 11 is 0. The minimum absolute atomic E-state index is 0.192. The highest BCUT2D eigenvalue weighted by Crippen LogP contribution is 2.13. The summed E-state index contributed by atoms with van der Waals surface area (Å²) in [5.74, 6) is 0.215. The third-order valence-electron chi connectivity index (χ3n) is 4.01. The van der Waals surface area contributed by atoms with E-state index in [1.54, 1.807) is 12.3 Å². The van der Waals surface area contributed by atoms with Gasteiger partial charge in [0.25, 0.3) is 5.91 Å². The highest BCUT2D eigenvalue weighted by Gasteiger charge is 2.12. The number of rotatable bonds is 6. The average Bonchev–Trinajstić information content (AvgIpc) is 2.65. The molecule has 1 aliphatic rings. The molecule has 1 aromatic carbocycles. The molecule has 0 radical (unpaired) electrons.